The number of hydrogen-bond acceptors (Lipinski definition) is 4. The fraction of sp³-hybridized carbons (Fsp3) is 0.625. The zero-order valence-electron chi connectivity index (χ0n) is 6.84. The monoisotopic (exact) mass is 172 g/mol. The molecule has 0 saturated carbocycles. The lowest BCUT2D eigenvalue weighted by molar-refractivity contribution is -0.230. The Morgan fingerprint density at radius 2 is 2.33 bits per heavy atom. The van der Waals surface area contributed by atoms with E-state index in [0.717, 1.165) is 0 Å². The number of aldehydes is 1. The summed E-state index contributed by atoms with van der Waals surface area (Å²) in [5, 5.41) is 9.30. The molecule has 1 fully saturated rings. The van der Waals surface area contributed by atoms with Gasteiger partial charge in [-0.05, 0) is 19.1 Å². The highest BCUT2D eigenvalue weighted by Crippen LogP contribution is 2.13. The molecule has 3 atom stereocenters. The van der Waals surface area contributed by atoms with Crippen LogP contribution in [-0.2, 0) is 14.3 Å². The zero-order valence-corrected chi connectivity index (χ0v) is 6.84. The van der Waals surface area contributed by atoms with E-state index >= 15 is 0 Å². The molecule has 0 unspecified atom stereocenters. The number of ether oxygens (including phenoxy) is 2. The van der Waals surface area contributed by atoms with Crippen LogP contribution in [0.4, 0.5) is 0 Å². The maximum Gasteiger partial charge on any atom is 0.155 e. The van der Waals surface area contributed by atoms with E-state index < -0.39 is 12.2 Å². The summed E-state index contributed by atoms with van der Waals surface area (Å²) in [5.41, 5.74) is 0. The summed E-state index contributed by atoms with van der Waals surface area (Å²) >= 11 is 0. The average Bonchev–Trinajstić information content (AvgIpc) is 2.07. The molecule has 0 aliphatic carbocycles. The van der Waals surface area contributed by atoms with Crippen LogP contribution in [0.15, 0.2) is 12.2 Å². The molecule has 0 radical (unpaired) electrons. The fourth-order valence-corrected chi connectivity index (χ4v) is 1.01. The number of aliphatic hydroxyl groups excluding tert-OH is 1. The minimum Gasteiger partial charge on any atom is -0.388 e. The average molecular weight is 172 g/mol. The smallest absolute Gasteiger partial charge is 0.155 e. The van der Waals surface area contributed by atoms with E-state index in [1.54, 1.807) is 6.92 Å². The number of rotatable bonds is 2. The first-order valence-electron chi connectivity index (χ1n) is 3.81. The number of allylic oxidation sites excluding steroid dienone is 1. The number of hydrogen-bond donors (Lipinski definition) is 1. The summed E-state index contributed by atoms with van der Waals surface area (Å²) < 4.78 is 10.2. The van der Waals surface area contributed by atoms with Gasteiger partial charge < -0.3 is 14.6 Å². The molecule has 0 bridgehead atoms. The van der Waals surface area contributed by atoms with Gasteiger partial charge >= 0.3 is 0 Å². The van der Waals surface area contributed by atoms with Gasteiger partial charge in [-0.3, -0.25) is 4.79 Å². The van der Waals surface area contributed by atoms with Gasteiger partial charge in [-0.1, -0.05) is 0 Å². The second-order valence-electron chi connectivity index (χ2n) is 2.59. The second-order valence-corrected chi connectivity index (χ2v) is 2.59. The lowest BCUT2D eigenvalue weighted by Gasteiger charge is -2.30. The summed E-state index contributed by atoms with van der Waals surface area (Å²) in [4.78, 5) is 9.98. The highest BCUT2D eigenvalue weighted by molar-refractivity contribution is 5.64. The quantitative estimate of drug-likeness (QED) is 0.465. The topological polar surface area (TPSA) is 55.8 Å². The third-order valence-electron chi connectivity index (χ3n) is 1.61. The molecule has 12 heavy (non-hydrogen) atoms. The minimum atomic E-state index is -0.683. The van der Waals surface area contributed by atoms with Gasteiger partial charge in [0.15, 0.2) is 6.29 Å². The molecule has 0 aromatic carbocycles. The second kappa shape index (κ2) is 4.35. The predicted octanol–water partition coefficient (Wildman–Crippen LogP) is -0.136. The van der Waals surface area contributed by atoms with Crippen molar-refractivity contribution >= 4 is 6.29 Å². The van der Waals surface area contributed by atoms with Crippen molar-refractivity contribution in [2.24, 2.45) is 0 Å². The van der Waals surface area contributed by atoms with Crippen molar-refractivity contribution < 1.29 is 19.4 Å². The highest BCUT2D eigenvalue weighted by Gasteiger charge is 2.25. The summed E-state index contributed by atoms with van der Waals surface area (Å²) in [6.07, 6.45) is 2.05. The minimum absolute atomic E-state index is 0.245. The van der Waals surface area contributed by atoms with Crippen LogP contribution < -0.4 is 0 Å². The molecule has 1 aliphatic heterocycles. The molecule has 0 amide bonds. The largest absolute Gasteiger partial charge is 0.388 e. The number of aliphatic hydroxyl groups is 1. The molecular weight excluding hydrogens is 160 g/mol. The number of carbonyl (C=O) groups excluding carboxylic acids is 1. The predicted molar refractivity (Wildman–Crippen MR) is 41.5 cm³/mol. The molecule has 1 saturated heterocycles. The summed E-state index contributed by atoms with van der Waals surface area (Å²) in [6, 6.07) is 0. The Morgan fingerprint density at radius 1 is 1.58 bits per heavy atom. The molecule has 68 valence electrons. The molecule has 1 N–H and O–H groups in total. The zero-order chi connectivity index (χ0) is 8.97. The van der Waals surface area contributed by atoms with Gasteiger partial charge in [0.2, 0.25) is 0 Å². The van der Waals surface area contributed by atoms with Crippen LogP contribution in [0.1, 0.15) is 6.92 Å². The Bertz CT molecular complexity index is 178. The van der Waals surface area contributed by atoms with Crippen LogP contribution in [0.2, 0.25) is 0 Å². The Labute approximate surface area is 70.8 Å². The van der Waals surface area contributed by atoms with Gasteiger partial charge in [0.25, 0.3) is 0 Å². The fourth-order valence-electron chi connectivity index (χ4n) is 1.01. The van der Waals surface area contributed by atoms with E-state index in [1.165, 1.54) is 12.2 Å². The molecule has 1 rings (SSSR count). The van der Waals surface area contributed by atoms with E-state index in [0.29, 0.717) is 6.29 Å². The van der Waals surface area contributed by atoms with Crippen LogP contribution in [0.5, 0.6) is 0 Å². The lowest BCUT2D eigenvalue weighted by Crippen LogP contribution is -2.41. The molecule has 1 aliphatic rings. The van der Waals surface area contributed by atoms with Crippen molar-refractivity contribution in [2.75, 3.05) is 6.61 Å². The highest BCUT2D eigenvalue weighted by atomic mass is 16.7. The van der Waals surface area contributed by atoms with E-state index in [1.807, 2.05) is 0 Å². The third-order valence-corrected chi connectivity index (χ3v) is 1.61. The van der Waals surface area contributed by atoms with E-state index in [9.17, 15) is 9.90 Å². The normalized spacial score (nSPS) is 37.0. The van der Waals surface area contributed by atoms with E-state index in [2.05, 4.69) is 0 Å². The number of carbonyl (C=O) groups is 1. The van der Waals surface area contributed by atoms with Crippen LogP contribution in [0, 0.1) is 0 Å². The molecular formula is C8H12O4. The standard InChI is InChI=1S/C8H12O4/c1-6-11-5-7(10)8(12-6)3-2-4-9/h2-4,6-8,10H,5H2,1H3/b3-2+/t6-,7-,8+/m1/s1. The van der Waals surface area contributed by atoms with Gasteiger partial charge in [0, 0.05) is 0 Å². The van der Waals surface area contributed by atoms with Crippen molar-refractivity contribution in [1.82, 2.24) is 0 Å². The van der Waals surface area contributed by atoms with Gasteiger partial charge in [-0.15, -0.1) is 0 Å². The van der Waals surface area contributed by atoms with Crippen LogP contribution in [-0.4, -0.2) is 36.5 Å². The van der Waals surface area contributed by atoms with Crippen molar-refractivity contribution in [3.63, 3.8) is 0 Å². The summed E-state index contributed by atoms with van der Waals surface area (Å²) in [6.45, 7) is 1.99. The van der Waals surface area contributed by atoms with Gasteiger partial charge in [0.1, 0.15) is 18.5 Å². The van der Waals surface area contributed by atoms with E-state index in [-0.39, 0.29) is 12.9 Å². The van der Waals surface area contributed by atoms with Crippen molar-refractivity contribution in [3.8, 4) is 0 Å². The van der Waals surface area contributed by atoms with Crippen LogP contribution in [0.25, 0.3) is 0 Å². The molecule has 0 aromatic heterocycles. The Hall–Kier alpha value is -0.710. The van der Waals surface area contributed by atoms with Crippen LogP contribution in [0.3, 0.4) is 0 Å². The van der Waals surface area contributed by atoms with Gasteiger partial charge in [-0.2, -0.15) is 0 Å². The maximum absolute atomic E-state index is 9.98. The van der Waals surface area contributed by atoms with Crippen LogP contribution >= 0.6 is 0 Å². The van der Waals surface area contributed by atoms with Crippen molar-refractivity contribution in [2.45, 2.75) is 25.4 Å². The SMILES string of the molecule is C[C@@H]1OC[C@@H](O)[C@H](/C=C/C=O)O1. The molecule has 0 aromatic rings. The first-order valence-corrected chi connectivity index (χ1v) is 3.81. The molecule has 4 heteroatoms. The Balaban J connectivity index is 2.48. The van der Waals surface area contributed by atoms with Gasteiger partial charge in [-0.25, -0.2) is 0 Å². The maximum atomic E-state index is 9.98. The molecule has 4 nitrogen and oxygen atoms in total. The summed E-state index contributed by atoms with van der Waals surface area (Å²) in [5.74, 6) is 0. The Morgan fingerprint density at radius 3 is 3.00 bits per heavy atom. The van der Waals surface area contributed by atoms with E-state index in [4.69, 9.17) is 9.47 Å². The lowest BCUT2D eigenvalue weighted by atomic mass is 10.2. The summed E-state index contributed by atoms with van der Waals surface area (Å²) in [7, 11) is 0. The first-order chi connectivity index (χ1) is 5.74. The molecule has 1 heterocycles. The first kappa shape index (κ1) is 9.38. The van der Waals surface area contributed by atoms with Crippen molar-refractivity contribution in [3.05, 3.63) is 12.2 Å². The molecule has 0 spiro atoms. The Kier molecular flexibility index (Phi) is 3.40. The van der Waals surface area contributed by atoms with Crippen molar-refractivity contribution in [1.29, 1.82) is 0 Å². The van der Waals surface area contributed by atoms with Gasteiger partial charge in [0.05, 0.1) is 6.61 Å². The third kappa shape index (κ3) is 2.41.